The molecule has 1 aromatic heterocycles. The van der Waals surface area contributed by atoms with Gasteiger partial charge in [-0.3, -0.25) is 4.79 Å². The lowest BCUT2D eigenvalue weighted by Gasteiger charge is -2.14. The molecule has 27 heavy (non-hydrogen) atoms. The van der Waals surface area contributed by atoms with Crippen LogP contribution < -0.4 is 24.6 Å². The molecule has 7 nitrogen and oxygen atoms in total. The number of ether oxygens (including phenoxy) is 4. The quantitative estimate of drug-likeness (QED) is 0.386. The van der Waals surface area contributed by atoms with E-state index in [2.05, 4.69) is 0 Å². The van der Waals surface area contributed by atoms with Gasteiger partial charge in [-0.2, -0.15) is 0 Å². The van der Waals surface area contributed by atoms with Crippen LogP contribution in [0.3, 0.4) is 0 Å². The Kier molecular flexibility index (Phi) is 5.03. The molecule has 3 rings (SSSR count). The standard InChI is InChI=1S/C20H18O7/c1-11(21)26-14-6-5-12-7-15(20(22)27-16(12)10-14)13-8-17(23-2)19(25-4)18(9-13)24-3/h5-10H,1-4H3. The molecule has 0 saturated carbocycles. The molecule has 0 bridgehead atoms. The Morgan fingerprint density at radius 3 is 2.15 bits per heavy atom. The van der Waals surface area contributed by atoms with E-state index in [9.17, 15) is 9.59 Å². The van der Waals surface area contributed by atoms with Gasteiger partial charge >= 0.3 is 11.6 Å². The fraction of sp³-hybridized carbons (Fsp3) is 0.200. The molecule has 0 fully saturated rings. The number of rotatable bonds is 5. The van der Waals surface area contributed by atoms with Gasteiger partial charge in [0.2, 0.25) is 5.75 Å². The zero-order valence-electron chi connectivity index (χ0n) is 15.3. The van der Waals surface area contributed by atoms with Crippen LogP contribution in [0, 0.1) is 0 Å². The summed E-state index contributed by atoms with van der Waals surface area (Å²) in [6.07, 6.45) is 0. The Bertz CT molecular complexity index is 1040. The molecule has 0 amide bonds. The van der Waals surface area contributed by atoms with Crippen LogP contribution in [0.2, 0.25) is 0 Å². The van der Waals surface area contributed by atoms with Gasteiger partial charge in [0.05, 0.1) is 26.9 Å². The maximum atomic E-state index is 12.5. The minimum atomic E-state index is -0.545. The molecule has 3 aromatic rings. The molecule has 0 radical (unpaired) electrons. The molecular weight excluding hydrogens is 352 g/mol. The number of esters is 1. The topological polar surface area (TPSA) is 84.2 Å². The maximum Gasteiger partial charge on any atom is 0.344 e. The molecular formula is C20H18O7. The Morgan fingerprint density at radius 2 is 1.59 bits per heavy atom. The van der Waals surface area contributed by atoms with Gasteiger partial charge in [-0.1, -0.05) is 0 Å². The van der Waals surface area contributed by atoms with Crippen molar-refractivity contribution in [1.82, 2.24) is 0 Å². The van der Waals surface area contributed by atoms with E-state index in [1.165, 1.54) is 34.3 Å². The number of carbonyl (C=O) groups excluding carboxylic acids is 1. The van der Waals surface area contributed by atoms with Crippen molar-refractivity contribution in [3.8, 4) is 34.1 Å². The second-order valence-corrected chi connectivity index (χ2v) is 5.65. The lowest BCUT2D eigenvalue weighted by atomic mass is 10.0. The maximum absolute atomic E-state index is 12.5. The van der Waals surface area contributed by atoms with E-state index in [-0.39, 0.29) is 0 Å². The van der Waals surface area contributed by atoms with E-state index in [1.807, 2.05) is 0 Å². The first-order valence-corrected chi connectivity index (χ1v) is 8.03. The monoisotopic (exact) mass is 370 g/mol. The third-order valence-corrected chi connectivity index (χ3v) is 3.94. The third kappa shape index (κ3) is 3.57. The Labute approximate surface area is 155 Å². The van der Waals surface area contributed by atoms with Gasteiger partial charge in [0.25, 0.3) is 0 Å². The average molecular weight is 370 g/mol. The smallest absolute Gasteiger partial charge is 0.344 e. The van der Waals surface area contributed by atoms with Crippen LogP contribution in [0.1, 0.15) is 6.92 Å². The number of carbonyl (C=O) groups is 1. The second kappa shape index (κ2) is 7.41. The van der Waals surface area contributed by atoms with Crippen LogP contribution in [0.25, 0.3) is 22.1 Å². The summed E-state index contributed by atoms with van der Waals surface area (Å²) >= 11 is 0. The number of benzene rings is 2. The summed E-state index contributed by atoms with van der Waals surface area (Å²) in [5.74, 6) is 1.14. The lowest BCUT2D eigenvalue weighted by molar-refractivity contribution is -0.131. The predicted molar refractivity (Wildman–Crippen MR) is 98.9 cm³/mol. The molecule has 0 aliphatic rings. The summed E-state index contributed by atoms with van der Waals surface area (Å²) in [6.45, 7) is 1.30. The van der Waals surface area contributed by atoms with Gasteiger partial charge in [0.15, 0.2) is 11.5 Å². The normalized spacial score (nSPS) is 10.5. The molecule has 140 valence electrons. The Hall–Kier alpha value is -3.48. The fourth-order valence-corrected chi connectivity index (χ4v) is 2.76. The van der Waals surface area contributed by atoms with Crippen LogP contribution in [0.15, 0.2) is 45.6 Å². The van der Waals surface area contributed by atoms with Crippen molar-refractivity contribution in [2.45, 2.75) is 6.92 Å². The molecule has 0 saturated heterocycles. The lowest BCUT2D eigenvalue weighted by Crippen LogP contribution is -2.05. The largest absolute Gasteiger partial charge is 0.493 e. The van der Waals surface area contributed by atoms with Crippen molar-refractivity contribution in [3.63, 3.8) is 0 Å². The summed E-state index contributed by atoms with van der Waals surface area (Å²) < 4.78 is 26.4. The van der Waals surface area contributed by atoms with Gasteiger partial charge in [0, 0.05) is 18.4 Å². The van der Waals surface area contributed by atoms with E-state index >= 15 is 0 Å². The van der Waals surface area contributed by atoms with E-state index in [1.54, 1.807) is 30.3 Å². The minimum Gasteiger partial charge on any atom is -0.493 e. The van der Waals surface area contributed by atoms with Crippen LogP contribution >= 0.6 is 0 Å². The van der Waals surface area contributed by atoms with Crippen molar-refractivity contribution in [3.05, 3.63) is 46.8 Å². The minimum absolute atomic E-state index is 0.304. The average Bonchev–Trinajstić information content (AvgIpc) is 2.65. The van der Waals surface area contributed by atoms with Crippen molar-refractivity contribution in [1.29, 1.82) is 0 Å². The summed E-state index contributed by atoms with van der Waals surface area (Å²) in [6, 6.07) is 9.87. The molecule has 0 spiro atoms. The summed E-state index contributed by atoms with van der Waals surface area (Å²) in [7, 11) is 4.51. The van der Waals surface area contributed by atoms with Crippen LogP contribution in [0.4, 0.5) is 0 Å². The molecule has 1 heterocycles. The number of hydrogen-bond donors (Lipinski definition) is 0. The Morgan fingerprint density at radius 1 is 0.926 bits per heavy atom. The summed E-state index contributed by atoms with van der Waals surface area (Å²) in [5.41, 5.74) is 0.665. The molecule has 0 N–H and O–H groups in total. The van der Waals surface area contributed by atoms with Crippen molar-refractivity contribution in [2.75, 3.05) is 21.3 Å². The number of methoxy groups -OCH3 is 3. The third-order valence-electron chi connectivity index (χ3n) is 3.94. The molecule has 0 unspecified atom stereocenters. The molecule has 7 heteroatoms. The molecule has 2 aromatic carbocycles. The first kappa shape index (κ1) is 18.3. The number of hydrogen-bond acceptors (Lipinski definition) is 7. The zero-order chi connectivity index (χ0) is 19.6. The highest BCUT2D eigenvalue weighted by atomic mass is 16.5. The number of fused-ring (bicyclic) bond motifs is 1. The molecule has 0 aliphatic heterocycles. The van der Waals surface area contributed by atoms with Crippen molar-refractivity contribution in [2.24, 2.45) is 0 Å². The van der Waals surface area contributed by atoms with E-state index in [0.29, 0.717) is 45.1 Å². The van der Waals surface area contributed by atoms with Gasteiger partial charge < -0.3 is 23.4 Å². The van der Waals surface area contributed by atoms with Gasteiger partial charge in [-0.05, 0) is 35.9 Å². The van der Waals surface area contributed by atoms with Crippen LogP contribution in [0.5, 0.6) is 23.0 Å². The van der Waals surface area contributed by atoms with Gasteiger partial charge in [-0.15, -0.1) is 0 Å². The SMILES string of the molecule is COc1cc(-c2cc3ccc(OC(C)=O)cc3oc2=O)cc(OC)c1OC. The summed E-state index contributed by atoms with van der Waals surface area (Å²) in [4.78, 5) is 23.6. The van der Waals surface area contributed by atoms with Crippen molar-refractivity contribution >= 4 is 16.9 Å². The first-order valence-electron chi connectivity index (χ1n) is 8.03. The van der Waals surface area contributed by atoms with E-state index in [4.69, 9.17) is 23.4 Å². The molecule has 0 atom stereocenters. The van der Waals surface area contributed by atoms with Gasteiger partial charge in [0.1, 0.15) is 11.3 Å². The first-order chi connectivity index (χ1) is 13.0. The van der Waals surface area contributed by atoms with Gasteiger partial charge in [-0.25, -0.2) is 4.79 Å². The van der Waals surface area contributed by atoms with Crippen LogP contribution in [-0.4, -0.2) is 27.3 Å². The highest BCUT2D eigenvalue weighted by molar-refractivity contribution is 5.84. The van der Waals surface area contributed by atoms with Crippen LogP contribution in [-0.2, 0) is 4.79 Å². The fourth-order valence-electron chi connectivity index (χ4n) is 2.76. The highest BCUT2D eigenvalue weighted by Crippen LogP contribution is 2.41. The predicted octanol–water partition coefficient (Wildman–Crippen LogP) is 3.41. The summed E-state index contributed by atoms with van der Waals surface area (Å²) in [5, 5.41) is 0.675. The van der Waals surface area contributed by atoms with E-state index in [0.717, 1.165) is 0 Å². The van der Waals surface area contributed by atoms with E-state index < -0.39 is 11.6 Å². The zero-order valence-corrected chi connectivity index (χ0v) is 15.3. The second-order valence-electron chi connectivity index (χ2n) is 5.65. The molecule has 0 aliphatic carbocycles. The highest BCUT2D eigenvalue weighted by Gasteiger charge is 2.17. The van der Waals surface area contributed by atoms with Crippen molar-refractivity contribution < 1.29 is 28.2 Å². The Balaban J connectivity index is 2.16.